The number of allylic oxidation sites excluding steroid dienone is 1. The molecule has 3 rings (SSSR count). The Morgan fingerprint density at radius 1 is 1.37 bits per heavy atom. The minimum atomic E-state index is 0.230. The van der Waals surface area contributed by atoms with Gasteiger partial charge in [-0.05, 0) is 31.1 Å². The van der Waals surface area contributed by atoms with E-state index in [4.69, 9.17) is 4.74 Å². The smallest absolute Gasteiger partial charge is 0.138 e. The molecule has 1 aliphatic heterocycles. The molecule has 1 N–H and O–H groups in total. The van der Waals surface area contributed by atoms with Crippen molar-refractivity contribution in [3.05, 3.63) is 49.3 Å². The molecule has 5 heteroatoms. The Kier molecular flexibility index (Phi) is 3.45. The Morgan fingerprint density at radius 3 is 3.11 bits per heavy atom. The lowest BCUT2D eigenvalue weighted by Gasteiger charge is -2.21. The summed E-state index contributed by atoms with van der Waals surface area (Å²) >= 11 is 0. The van der Waals surface area contributed by atoms with Crippen molar-refractivity contribution in [2.75, 3.05) is 11.9 Å². The molecule has 2 aromatic rings. The highest BCUT2D eigenvalue weighted by molar-refractivity contribution is 5.60. The molecule has 0 aliphatic carbocycles. The number of nitrogens with one attached hydrogen (secondary N) is 1. The van der Waals surface area contributed by atoms with E-state index >= 15 is 0 Å². The number of nitrogens with zero attached hydrogens (tertiary/aromatic N) is 3. The zero-order valence-electron chi connectivity index (χ0n) is 10.6. The number of hydrogen-bond acceptors (Lipinski definition) is 4. The lowest BCUT2D eigenvalue weighted by molar-refractivity contribution is 0.135. The number of anilines is 1. The monoisotopic (exact) mass is 256 g/mol. The highest BCUT2D eigenvalue weighted by atomic mass is 16.5. The van der Waals surface area contributed by atoms with Gasteiger partial charge in [0, 0.05) is 0 Å². The minimum Gasteiger partial charge on any atom is -0.497 e. The van der Waals surface area contributed by atoms with Crippen LogP contribution in [0.2, 0.25) is 0 Å². The van der Waals surface area contributed by atoms with E-state index in [0.717, 1.165) is 30.8 Å². The van der Waals surface area contributed by atoms with E-state index in [1.807, 2.05) is 24.3 Å². The zero-order valence-corrected chi connectivity index (χ0v) is 10.6. The minimum absolute atomic E-state index is 0.230. The Hall–Kier alpha value is -2.30. The molecule has 0 amide bonds. The summed E-state index contributed by atoms with van der Waals surface area (Å²) in [4.78, 5) is 3.98. The topological polar surface area (TPSA) is 52.0 Å². The summed E-state index contributed by atoms with van der Waals surface area (Å²) in [7, 11) is 0. The molecule has 0 radical (unpaired) electrons. The Labute approximate surface area is 111 Å². The van der Waals surface area contributed by atoms with Crippen LogP contribution in [0, 0.1) is 0 Å². The molecule has 1 aromatic heterocycles. The molecule has 0 saturated heterocycles. The van der Waals surface area contributed by atoms with Crippen LogP contribution in [0.5, 0.6) is 0 Å². The maximum absolute atomic E-state index is 5.55. The van der Waals surface area contributed by atoms with Crippen molar-refractivity contribution in [2.45, 2.75) is 18.9 Å². The van der Waals surface area contributed by atoms with Crippen LogP contribution in [-0.4, -0.2) is 27.4 Å². The third-order valence-corrected chi connectivity index (χ3v) is 3.11. The van der Waals surface area contributed by atoms with Gasteiger partial charge >= 0.3 is 0 Å². The highest BCUT2D eigenvalue weighted by Gasteiger charge is 2.12. The van der Waals surface area contributed by atoms with E-state index in [0.29, 0.717) is 0 Å². The van der Waals surface area contributed by atoms with Crippen molar-refractivity contribution in [2.24, 2.45) is 0 Å². The number of ether oxygens (including phenoxy) is 1. The molecule has 1 aliphatic rings. The molecule has 1 unspecified atom stereocenters. The van der Waals surface area contributed by atoms with E-state index in [-0.39, 0.29) is 6.10 Å². The number of para-hydroxylation sites is 2. The van der Waals surface area contributed by atoms with Crippen LogP contribution < -0.4 is 5.32 Å². The fraction of sp³-hybridized carbons (Fsp3) is 0.286. The normalized spacial score (nSPS) is 18.0. The quantitative estimate of drug-likeness (QED) is 0.912. The molecular formula is C14H16N4O. The molecular weight excluding hydrogens is 240 g/mol. The molecule has 5 nitrogen and oxygen atoms in total. The number of rotatable bonds is 4. The predicted octanol–water partition coefficient (Wildman–Crippen LogP) is 2.37. The highest BCUT2D eigenvalue weighted by Crippen LogP contribution is 2.19. The predicted molar refractivity (Wildman–Crippen MR) is 73.1 cm³/mol. The Bertz CT molecular complexity index is 550. The van der Waals surface area contributed by atoms with Gasteiger partial charge in [-0.15, -0.1) is 0 Å². The van der Waals surface area contributed by atoms with Crippen molar-refractivity contribution in [1.29, 1.82) is 0 Å². The van der Waals surface area contributed by atoms with Crippen LogP contribution in [0.15, 0.2) is 49.3 Å². The maximum Gasteiger partial charge on any atom is 0.138 e. The first-order valence-electron chi connectivity index (χ1n) is 6.42. The van der Waals surface area contributed by atoms with Gasteiger partial charge in [0.15, 0.2) is 0 Å². The largest absolute Gasteiger partial charge is 0.497 e. The van der Waals surface area contributed by atoms with E-state index in [1.165, 1.54) is 6.33 Å². The van der Waals surface area contributed by atoms with Crippen LogP contribution in [-0.2, 0) is 4.74 Å². The summed E-state index contributed by atoms with van der Waals surface area (Å²) < 4.78 is 7.31. The first kappa shape index (κ1) is 11.8. The van der Waals surface area contributed by atoms with Gasteiger partial charge in [0.1, 0.15) is 18.8 Å². The number of benzene rings is 1. The van der Waals surface area contributed by atoms with Crippen LogP contribution >= 0.6 is 0 Å². The summed E-state index contributed by atoms with van der Waals surface area (Å²) in [6.07, 6.45) is 9.44. The summed E-state index contributed by atoms with van der Waals surface area (Å²) in [5, 5.41) is 7.59. The van der Waals surface area contributed by atoms with Crippen molar-refractivity contribution < 1.29 is 4.74 Å². The van der Waals surface area contributed by atoms with Gasteiger partial charge in [-0.1, -0.05) is 12.1 Å². The molecule has 1 atom stereocenters. The van der Waals surface area contributed by atoms with Crippen LogP contribution in [0.3, 0.4) is 0 Å². The maximum atomic E-state index is 5.55. The number of aromatic nitrogens is 3. The van der Waals surface area contributed by atoms with Crippen molar-refractivity contribution >= 4 is 5.69 Å². The van der Waals surface area contributed by atoms with Gasteiger partial charge in [0.05, 0.1) is 24.2 Å². The first-order valence-corrected chi connectivity index (χ1v) is 6.42. The van der Waals surface area contributed by atoms with Crippen molar-refractivity contribution in [3.8, 4) is 5.69 Å². The summed E-state index contributed by atoms with van der Waals surface area (Å²) in [5.74, 6) is 0. The van der Waals surface area contributed by atoms with E-state index in [2.05, 4.69) is 21.5 Å². The second-order valence-electron chi connectivity index (χ2n) is 4.45. The molecule has 0 saturated carbocycles. The molecule has 0 fully saturated rings. The standard InChI is InChI=1S/C14H16N4O/c1-2-7-14(18-11-15-10-17-18)13(6-1)16-9-12-5-3-4-8-19-12/h1-2,4,6-8,10-12,16H,3,5,9H2. The van der Waals surface area contributed by atoms with E-state index < -0.39 is 0 Å². The van der Waals surface area contributed by atoms with Crippen LogP contribution in [0.25, 0.3) is 5.69 Å². The van der Waals surface area contributed by atoms with E-state index in [1.54, 1.807) is 17.3 Å². The average Bonchev–Trinajstić information content (AvgIpc) is 3.01. The fourth-order valence-electron chi connectivity index (χ4n) is 2.11. The van der Waals surface area contributed by atoms with Gasteiger partial charge in [-0.3, -0.25) is 0 Å². The first-order chi connectivity index (χ1) is 9.43. The van der Waals surface area contributed by atoms with Crippen molar-refractivity contribution in [3.63, 3.8) is 0 Å². The lowest BCUT2D eigenvalue weighted by atomic mass is 10.1. The second kappa shape index (κ2) is 5.56. The third kappa shape index (κ3) is 2.76. The van der Waals surface area contributed by atoms with Gasteiger partial charge in [-0.2, -0.15) is 5.10 Å². The Balaban J connectivity index is 1.72. The third-order valence-electron chi connectivity index (χ3n) is 3.11. The van der Waals surface area contributed by atoms with Gasteiger partial charge in [0.25, 0.3) is 0 Å². The van der Waals surface area contributed by atoms with Crippen molar-refractivity contribution in [1.82, 2.24) is 14.8 Å². The van der Waals surface area contributed by atoms with E-state index in [9.17, 15) is 0 Å². The SMILES string of the molecule is C1=COC(CNc2ccccc2-n2cncn2)CC1. The molecule has 1 aromatic carbocycles. The van der Waals surface area contributed by atoms with Gasteiger partial charge in [0.2, 0.25) is 0 Å². The van der Waals surface area contributed by atoms with Gasteiger partial charge < -0.3 is 10.1 Å². The number of hydrogen-bond donors (Lipinski definition) is 1. The molecule has 98 valence electrons. The summed E-state index contributed by atoms with van der Waals surface area (Å²) in [6.45, 7) is 0.788. The van der Waals surface area contributed by atoms with Crippen LogP contribution in [0.1, 0.15) is 12.8 Å². The summed E-state index contributed by atoms with van der Waals surface area (Å²) in [6, 6.07) is 8.04. The fourth-order valence-corrected chi connectivity index (χ4v) is 2.11. The van der Waals surface area contributed by atoms with Crippen LogP contribution in [0.4, 0.5) is 5.69 Å². The molecule has 19 heavy (non-hydrogen) atoms. The average molecular weight is 256 g/mol. The summed E-state index contributed by atoms with van der Waals surface area (Å²) in [5.41, 5.74) is 2.03. The zero-order chi connectivity index (χ0) is 12.9. The van der Waals surface area contributed by atoms with Gasteiger partial charge in [-0.25, -0.2) is 9.67 Å². The molecule has 0 bridgehead atoms. The second-order valence-corrected chi connectivity index (χ2v) is 4.45. The molecule has 2 heterocycles. The lowest BCUT2D eigenvalue weighted by Crippen LogP contribution is -2.23. The Morgan fingerprint density at radius 2 is 2.32 bits per heavy atom. The molecule has 0 spiro atoms.